The van der Waals surface area contributed by atoms with Gasteiger partial charge in [0.15, 0.2) is 0 Å². The number of allylic oxidation sites excluding steroid dienone is 1. The van der Waals surface area contributed by atoms with E-state index in [9.17, 15) is 0 Å². The lowest BCUT2D eigenvalue weighted by Crippen LogP contribution is -2.22. The first-order chi connectivity index (χ1) is 5.18. The first kappa shape index (κ1) is 8.79. The number of ether oxygens (including phenoxy) is 1. The van der Waals surface area contributed by atoms with E-state index in [1.807, 2.05) is 0 Å². The molecule has 0 saturated carbocycles. The summed E-state index contributed by atoms with van der Waals surface area (Å²) in [5.41, 5.74) is 1.36. The molecule has 0 aromatic carbocycles. The van der Waals surface area contributed by atoms with E-state index >= 15 is 0 Å². The van der Waals surface area contributed by atoms with Gasteiger partial charge in [0, 0.05) is 6.61 Å². The minimum absolute atomic E-state index is 0.392. The smallest absolute Gasteiger partial charge is 0.0760 e. The predicted octanol–water partition coefficient (Wildman–Crippen LogP) is 2.77. The molecule has 11 heavy (non-hydrogen) atoms. The third kappa shape index (κ3) is 3.06. The van der Waals surface area contributed by atoms with Gasteiger partial charge in [-0.3, -0.25) is 0 Å². The van der Waals surface area contributed by atoms with Crippen LogP contribution in [0, 0.1) is 5.92 Å². The summed E-state index contributed by atoms with van der Waals surface area (Å²) in [5, 5.41) is 0. The lowest BCUT2D eigenvalue weighted by Gasteiger charge is -2.25. The van der Waals surface area contributed by atoms with Crippen LogP contribution in [-0.4, -0.2) is 12.7 Å². The fourth-order valence-electron chi connectivity index (χ4n) is 1.49. The highest BCUT2D eigenvalue weighted by Crippen LogP contribution is 2.20. The molecule has 0 radical (unpaired) electrons. The van der Waals surface area contributed by atoms with Gasteiger partial charge in [-0.1, -0.05) is 18.6 Å². The molecule has 0 aliphatic carbocycles. The maximum absolute atomic E-state index is 5.58. The second kappa shape index (κ2) is 3.91. The fraction of sp³-hybridized carbons (Fsp3) is 0.800. The third-order valence-corrected chi connectivity index (χ3v) is 2.10. The van der Waals surface area contributed by atoms with Crippen molar-refractivity contribution in [3.63, 3.8) is 0 Å². The maximum Gasteiger partial charge on any atom is 0.0760 e. The molecular weight excluding hydrogens is 136 g/mol. The summed E-state index contributed by atoms with van der Waals surface area (Å²) in [6.45, 7) is 7.50. The van der Waals surface area contributed by atoms with Gasteiger partial charge in [0.05, 0.1) is 6.10 Å². The van der Waals surface area contributed by atoms with E-state index in [2.05, 4.69) is 26.8 Å². The molecule has 0 N–H and O–H groups in total. The van der Waals surface area contributed by atoms with Crippen molar-refractivity contribution >= 4 is 0 Å². The molecule has 2 atom stereocenters. The van der Waals surface area contributed by atoms with Gasteiger partial charge in [-0.05, 0) is 32.6 Å². The van der Waals surface area contributed by atoms with Gasteiger partial charge in [0.2, 0.25) is 0 Å². The van der Waals surface area contributed by atoms with E-state index in [1.165, 1.54) is 18.4 Å². The largest absolute Gasteiger partial charge is 0.374 e. The van der Waals surface area contributed by atoms with Crippen LogP contribution in [0.5, 0.6) is 0 Å². The SMILES string of the molecule is CC(C)=C[C@H]1C[C@H](C)CCO1. The van der Waals surface area contributed by atoms with Gasteiger partial charge in [-0.15, -0.1) is 0 Å². The molecular formula is C10H18O. The van der Waals surface area contributed by atoms with Crippen molar-refractivity contribution in [1.29, 1.82) is 0 Å². The van der Waals surface area contributed by atoms with Gasteiger partial charge >= 0.3 is 0 Å². The van der Waals surface area contributed by atoms with Gasteiger partial charge in [0.1, 0.15) is 0 Å². The molecule has 1 rings (SSSR count). The summed E-state index contributed by atoms with van der Waals surface area (Å²) in [6.07, 6.45) is 5.05. The quantitative estimate of drug-likeness (QED) is 0.528. The van der Waals surface area contributed by atoms with Crippen molar-refractivity contribution in [3.8, 4) is 0 Å². The zero-order valence-electron chi connectivity index (χ0n) is 7.76. The van der Waals surface area contributed by atoms with E-state index in [0.717, 1.165) is 12.5 Å². The summed E-state index contributed by atoms with van der Waals surface area (Å²) in [4.78, 5) is 0. The molecule has 1 aliphatic heterocycles. The van der Waals surface area contributed by atoms with Crippen LogP contribution in [0.3, 0.4) is 0 Å². The van der Waals surface area contributed by atoms with Crippen molar-refractivity contribution in [2.45, 2.75) is 39.7 Å². The van der Waals surface area contributed by atoms with E-state index in [0.29, 0.717) is 6.10 Å². The van der Waals surface area contributed by atoms with Crippen LogP contribution in [0.25, 0.3) is 0 Å². The molecule has 1 nitrogen and oxygen atoms in total. The van der Waals surface area contributed by atoms with Gasteiger partial charge < -0.3 is 4.74 Å². The summed E-state index contributed by atoms with van der Waals surface area (Å²) in [5.74, 6) is 0.837. The summed E-state index contributed by atoms with van der Waals surface area (Å²) < 4.78 is 5.58. The molecule has 64 valence electrons. The Balaban J connectivity index is 2.40. The fourth-order valence-corrected chi connectivity index (χ4v) is 1.49. The normalized spacial score (nSPS) is 31.5. The summed E-state index contributed by atoms with van der Waals surface area (Å²) >= 11 is 0. The van der Waals surface area contributed by atoms with Crippen LogP contribution in [-0.2, 0) is 4.74 Å². The number of hydrogen-bond acceptors (Lipinski definition) is 1. The van der Waals surface area contributed by atoms with Crippen LogP contribution >= 0.6 is 0 Å². The standard InChI is InChI=1S/C10H18O/c1-8(2)6-10-7-9(3)4-5-11-10/h6,9-10H,4-5,7H2,1-3H3/t9-,10+/m1/s1. The molecule has 1 heteroatoms. The first-order valence-corrected chi connectivity index (χ1v) is 4.45. The Hall–Kier alpha value is -0.300. The van der Waals surface area contributed by atoms with E-state index in [1.54, 1.807) is 0 Å². The van der Waals surface area contributed by atoms with Crippen LogP contribution < -0.4 is 0 Å². The van der Waals surface area contributed by atoms with Gasteiger partial charge in [0.25, 0.3) is 0 Å². The van der Waals surface area contributed by atoms with E-state index < -0.39 is 0 Å². The Morgan fingerprint density at radius 3 is 2.73 bits per heavy atom. The van der Waals surface area contributed by atoms with Crippen LogP contribution in [0.2, 0.25) is 0 Å². The Kier molecular flexibility index (Phi) is 3.13. The first-order valence-electron chi connectivity index (χ1n) is 4.45. The monoisotopic (exact) mass is 154 g/mol. The van der Waals surface area contributed by atoms with Crippen LogP contribution in [0.1, 0.15) is 33.6 Å². The highest BCUT2D eigenvalue weighted by molar-refractivity contribution is 4.99. The Morgan fingerprint density at radius 1 is 1.45 bits per heavy atom. The maximum atomic E-state index is 5.58. The number of hydrogen-bond donors (Lipinski definition) is 0. The molecule has 1 heterocycles. The number of rotatable bonds is 1. The minimum Gasteiger partial charge on any atom is -0.374 e. The molecule has 0 spiro atoms. The molecule has 0 unspecified atom stereocenters. The lowest BCUT2D eigenvalue weighted by molar-refractivity contribution is 0.0235. The van der Waals surface area contributed by atoms with E-state index in [4.69, 9.17) is 4.74 Å². The molecule has 0 aromatic rings. The highest BCUT2D eigenvalue weighted by atomic mass is 16.5. The van der Waals surface area contributed by atoms with Crippen molar-refractivity contribution in [2.24, 2.45) is 5.92 Å². The highest BCUT2D eigenvalue weighted by Gasteiger charge is 2.16. The molecule has 0 aromatic heterocycles. The molecule has 0 amide bonds. The topological polar surface area (TPSA) is 9.23 Å². The zero-order chi connectivity index (χ0) is 8.27. The van der Waals surface area contributed by atoms with Crippen LogP contribution in [0.15, 0.2) is 11.6 Å². The molecule has 1 fully saturated rings. The third-order valence-electron chi connectivity index (χ3n) is 2.10. The van der Waals surface area contributed by atoms with Crippen molar-refractivity contribution < 1.29 is 4.74 Å². The lowest BCUT2D eigenvalue weighted by atomic mass is 9.97. The minimum atomic E-state index is 0.392. The molecule has 1 aliphatic rings. The predicted molar refractivity (Wildman–Crippen MR) is 47.6 cm³/mol. The Bertz CT molecular complexity index is 145. The van der Waals surface area contributed by atoms with Crippen molar-refractivity contribution in [3.05, 3.63) is 11.6 Å². The van der Waals surface area contributed by atoms with Crippen molar-refractivity contribution in [2.75, 3.05) is 6.61 Å². The Labute approximate surface area is 69.4 Å². The molecule has 1 saturated heterocycles. The second-order valence-electron chi connectivity index (χ2n) is 3.78. The zero-order valence-corrected chi connectivity index (χ0v) is 7.76. The summed E-state index contributed by atoms with van der Waals surface area (Å²) in [6, 6.07) is 0. The van der Waals surface area contributed by atoms with Crippen molar-refractivity contribution in [1.82, 2.24) is 0 Å². The average molecular weight is 154 g/mol. The van der Waals surface area contributed by atoms with E-state index in [-0.39, 0.29) is 0 Å². The second-order valence-corrected chi connectivity index (χ2v) is 3.78. The summed E-state index contributed by atoms with van der Waals surface area (Å²) in [7, 11) is 0. The van der Waals surface area contributed by atoms with Crippen LogP contribution in [0.4, 0.5) is 0 Å². The molecule has 0 bridgehead atoms. The average Bonchev–Trinajstić information content (AvgIpc) is 1.85. The Morgan fingerprint density at radius 2 is 2.18 bits per heavy atom. The van der Waals surface area contributed by atoms with Gasteiger partial charge in [-0.2, -0.15) is 0 Å². The van der Waals surface area contributed by atoms with Gasteiger partial charge in [-0.25, -0.2) is 0 Å².